The van der Waals surface area contributed by atoms with Crippen LogP contribution in [0.15, 0.2) is 24.3 Å². The Labute approximate surface area is 350 Å². The smallest absolute Gasteiger partial charge is 0.326 e. The van der Waals surface area contributed by atoms with E-state index in [4.69, 9.17) is 28.0 Å². The standard InChI is InChI=1S/C37H58N10O14/c38-15-3-1-5-23(33(56)42-19-29(50)43-26(18-28(41)49)36(59)47-27(37(60)61)17-20-7-9-21(48)10-8-20)45-34(57)24(6-2-4-16-39)46-35(58)25(12-14-31(53)54)44-32(55)22(40)11-13-30(51)52/h7-10,22-27,48H,1-6,11-19,38-40H2,(H2,41,49)(H,42,56)(H,43,50)(H,44,55)(H,45,57)(H,46,58)(H,47,59)(H,51,52)(H,53,54)(H,60,61)/t22-,23-,24-,25-,26-,27-/m0/s1. The predicted molar refractivity (Wildman–Crippen MR) is 213 cm³/mol. The van der Waals surface area contributed by atoms with Crippen LogP contribution in [0.2, 0.25) is 0 Å². The molecule has 0 aliphatic carbocycles. The highest BCUT2D eigenvalue weighted by molar-refractivity contribution is 5.97. The highest BCUT2D eigenvalue weighted by atomic mass is 16.4. The molecule has 24 nitrogen and oxygen atoms in total. The number of hydrogen-bond acceptors (Lipinski definition) is 14. The van der Waals surface area contributed by atoms with E-state index in [1.54, 1.807) is 0 Å². The maximum Gasteiger partial charge on any atom is 0.326 e. The lowest BCUT2D eigenvalue weighted by atomic mass is 10.0. The zero-order chi connectivity index (χ0) is 46.1. The lowest BCUT2D eigenvalue weighted by Crippen LogP contribution is -2.58. The van der Waals surface area contributed by atoms with Gasteiger partial charge in [0.05, 0.1) is 19.0 Å². The number of primary amides is 1. The second kappa shape index (κ2) is 28.1. The van der Waals surface area contributed by atoms with Crippen molar-refractivity contribution in [1.82, 2.24) is 31.9 Å². The number of phenols is 1. The van der Waals surface area contributed by atoms with E-state index < -0.39 is 128 Å². The molecule has 0 saturated carbocycles. The fraction of sp³-hybridized carbons (Fsp3) is 0.568. The monoisotopic (exact) mass is 866 g/mol. The van der Waals surface area contributed by atoms with Gasteiger partial charge in [-0.2, -0.15) is 0 Å². The summed E-state index contributed by atoms with van der Waals surface area (Å²) < 4.78 is 0. The normalized spacial score (nSPS) is 13.8. The first-order valence-corrected chi connectivity index (χ1v) is 19.4. The number of hydrogen-bond donors (Lipinski definition) is 14. The number of unbranched alkanes of at least 4 members (excludes halogenated alkanes) is 2. The Hall–Kier alpha value is -6.40. The average molecular weight is 867 g/mol. The molecule has 0 radical (unpaired) electrons. The van der Waals surface area contributed by atoms with Gasteiger partial charge in [0.2, 0.25) is 41.4 Å². The molecule has 0 spiro atoms. The molecule has 0 bridgehead atoms. The highest BCUT2D eigenvalue weighted by Gasteiger charge is 2.32. The van der Waals surface area contributed by atoms with Gasteiger partial charge in [0.15, 0.2) is 0 Å². The summed E-state index contributed by atoms with van der Waals surface area (Å²) in [6.45, 7) is -0.342. The highest BCUT2D eigenvalue weighted by Crippen LogP contribution is 2.12. The van der Waals surface area contributed by atoms with Crippen LogP contribution in [-0.2, 0) is 54.4 Å². The lowest BCUT2D eigenvalue weighted by molar-refractivity contribution is -0.142. The third kappa shape index (κ3) is 22.0. The number of amides is 7. The largest absolute Gasteiger partial charge is 0.508 e. The van der Waals surface area contributed by atoms with Crippen molar-refractivity contribution in [3.8, 4) is 5.75 Å². The van der Waals surface area contributed by atoms with Crippen LogP contribution in [0.5, 0.6) is 5.75 Å². The molecule has 61 heavy (non-hydrogen) atoms. The third-order valence-corrected chi connectivity index (χ3v) is 8.92. The van der Waals surface area contributed by atoms with Crippen LogP contribution in [-0.4, -0.2) is 136 Å². The van der Waals surface area contributed by atoms with Crippen LogP contribution in [0.25, 0.3) is 0 Å². The number of carboxylic acids is 3. The molecular weight excluding hydrogens is 808 g/mol. The van der Waals surface area contributed by atoms with Gasteiger partial charge >= 0.3 is 17.9 Å². The molecule has 1 aromatic rings. The van der Waals surface area contributed by atoms with Gasteiger partial charge in [0.25, 0.3) is 0 Å². The molecule has 18 N–H and O–H groups in total. The van der Waals surface area contributed by atoms with Crippen molar-refractivity contribution in [2.45, 2.75) is 113 Å². The van der Waals surface area contributed by atoms with Crippen molar-refractivity contribution in [3.05, 3.63) is 29.8 Å². The summed E-state index contributed by atoms with van der Waals surface area (Å²) in [7, 11) is 0. The fourth-order valence-electron chi connectivity index (χ4n) is 5.58. The van der Waals surface area contributed by atoms with Crippen LogP contribution >= 0.6 is 0 Å². The topological polar surface area (TPSA) is 428 Å². The summed E-state index contributed by atoms with van der Waals surface area (Å²) in [4.78, 5) is 125. The quantitative estimate of drug-likeness (QED) is 0.0314. The van der Waals surface area contributed by atoms with Crippen molar-refractivity contribution in [2.75, 3.05) is 19.6 Å². The minimum Gasteiger partial charge on any atom is -0.508 e. The molecule has 1 rings (SSSR count). The summed E-state index contributed by atoms with van der Waals surface area (Å²) in [5.41, 5.74) is 22.7. The van der Waals surface area contributed by atoms with Crippen molar-refractivity contribution in [1.29, 1.82) is 0 Å². The minimum atomic E-state index is -1.66. The van der Waals surface area contributed by atoms with Gasteiger partial charge in [-0.1, -0.05) is 12.1 Å². The Morgan fingerprint density at radius 1 is 0.557 bits per heavy atom. The van der Waals surface area contributed by atoms with Gasteiger partial charge < -0.3 is 75.3 Å². The Morgan fingerprint density at radius 2 is 1.02 bits per heavy atom. The summed E-state index contributed by atoms with van der Waals surface area (Å²) in [5.74, 6) is -10.8. The molecule has 0 unspecified atom stereocenters. The predicted octanol–water partition coefficient (Wildman–Crippen LogP) is -4.25. The number of aliphatic carboxylic acids is 3. The number of carbonyl (C=O) groups excluding carboxylic acids is 7. The minimum absolute atomic E-state index is 0.00427. The summed E-state index contributed by atoms with van der Waals surface area (Å²) >= 11 is 0. The number of carbonyl (C=O) groups is 10. The summed E-state index contributed by atoms with van der Waals surface area (Å²) in [6.07, 6.45) is -1.30. The van der Waals surface area contributed by atoms with Gasteiger partial charge in [-0.25, -0.2) is 4.79 Å². The Kier molecular flexibility index (Phi) is 24.3. The molecule has 340 valence electrons. The number of aromatic hydroxyl groups is 1. The van der Waals surface area contributed by atoms with Crippen molar-refractivity contribution in [3.63, 3.8) is 0 Å². The van der Waals surface area contributed by atoms with E-state index in [2.05, 4.69) is 31.9 Å². The number of nitrogens with two attached hydrogens (primary N) is 4. The molecule has 1 aromatic carbocycles. The molecule has 7 amide bonds. The van der Waals surface area contributed by atoms with Crippen LogP contribution in [0.3, 0.4) is 0 Å². The van der Waals surface area contributed by atoms with Gasteiger partial charge in [-0.15, -0.1) is 0 Å². The van der Waals surface area contributed by atoms with Gasteiger partial charge in [-0.3, -0.25) is 43.2 Å². The molecule has 6 atom stereocenters. The molecule has 0 fully saturated rings. The van der Waals surface area contributed by atoms with Crippen molar-refractivity contribution >= 4 is 59.3 Å². The first-order chi connectivity index (χ1) is 28.8. The van der Waals surface area contributed by atoms with Gasteiger partial charge in [-0.05, 0) is 82.2 Å². The average Bonchev–Trinajstić information content (AvgIpc) is 3.19. The Bertz CT molecular complexity index is 1680. The molecule has 0 aliphatic rings. The van der Waals surface area contributed by atoms with E-state index in [0.29, 0.717) is 31.2 Å². The van der Waals surface area contributed by atoms with E-state index in [1.807, 2.05) is 0 Å². The van der Waals surface area contributed by atoms with Crippen molar-refractivity contribution in [2.24, 2.45) is 22.9 Å². The first-order valence-electron chi connectivity index (χ1n) is 19.4. The molecule has 0 aromatic heterocycles. The number of rotatable bonds is 31. The first kappa shape index (κ1) is 52.6. The van der Waals surface area contributed by atoms with Crippen LogP contribution in [0.4, 0.5) is 0 Å². The Balaban J connectivity index is 3.15. The van der Waals surface area contributed by atoms with E-state index >= 15 is 0 Å². The number of phenolic OH excluding ortho intramolecular Hbond substituents is 1. The lowest BCUT2D eigenvalue weighted by Gasteiger charge is -2.26. The van der Waals surface area contributed by atoms with Gasteiger partial charge in [0, 0.05) is 19.3 Å². The Morgan fingerprint density at radius 3 is 1.51 bits per heavy atom. The second-order valence-electron chi connectivity index (χ2n) is 14.0. The molecule has 0 aliphatic heterocycles. The van der Waals surface area contributed by atoms with Crippen LogP contribution in [0, 0.1) is 0 Å². The zero-order valence-corrected chi connectivity index (χ0v) is 33.6. The van der Waals surface area contributed by atoms with Crippen LogP contribution < -0.4 is 54.8 Å². The maximum absolute atomic E-state index is 13.7. The van der Waals surface area contributed by atoms with Crippen LogP contribution in [0.1, 0.15) is 76.2 Å². The second-order valence-corrected chi connectivity index (χ2v) is 14.0. The fourth-order valence-corrected chi connectivity index (χ4v) is 5.58. The SMILES string of the molecule is NCCCC[C@H](NC(=O)[C@H](CCCCN)NC(=O)[C@H](CCC(=O)O)NC(=O)[C@@H](N)CCC(=O)O)C(=O)NCC(=O)N[C@@H](CC(N)=O)C(=O)N[C@@H](Cc1ccc(O)cc1)C(=O)O. The summed E-state index contributed by atoms with van der Waals surface area (Å²) in [6, 6.07) is -3.23. The van der Waals surface area contributed by atoms with E-state index in [9.17, 15) is 63.3 Å². The van der Waals surface area contributed by atoms with E-state index in [1.165, 1.54) is 24.3 Å². The van der Waals surface area contributed by atoms with E-state index in [0.717, 1.165) is 0 Å². The molecular formula is C37H58N10O14. The molecule has 24 heteroatoms. The molecule has 0 saturated heterocycles. The summed E-state index contributed by atoms with van der Waals surface area (Å²) in [5, 5.41) is 51.4. The van der Waals surface area contributed by atoms with E-state index in [-0.39, 0.29) is 44.5 Å². The zero-order valence-electron chi connectivity index (χ0n) is 33.6. The maximum atomic E-state index is 13.7. The third-order valence-electron chi connectivity index (χ3n) is 8.92. The number of carboxylic acid groups (broad SMARTS) is 3. The number of nitrogens with one attached hydrogen (secondary N) is 6. The number of benzene rings is 1. The van der Waals surface area contributed by atoms with Crippen molar-refractivity contribution < 1.29 is 68.4 Å². The van der Waals surface area contributed by atoms with Gasteiger partial charge in [0.1, 0.15) is 36.0 Å². The molecule has 0 heterocycles.